The second-order valence-corrected chi connectivity index (χ2v) is 6.39. The number of carbonyl (C=O) groups is 1. The Kier molecular flexibility index (Phi) is 4.52. The van der Waals surface area contributed by atoms with Gasteiger partial charge in [0.1, 0.15) is 5.75 Å². The summed E-state index contributed by atoms with van der Waals surface area (Å²) in [6, 6.07) is 15.3. The molecular formula is C21H17N3O5. The van der Waals surface area contributed by atoms with Crippen molar-refractivity contribution in [3.05, 3.63) is 70.3 Å². The molecule has 3 aromatic carbocycles. The van der Waals surface area contributed by atoms with Crippen molar-refractivity contribution in [1.29, 1.82) is 0 Å². The van der Waals surface area contributed by atoms with Gasteiger partial charge in [-0.2, -0.15) is 0 Å². The van der Waals surface area contributed by atoms with Gasteiger partial charge in [0.2, 0.25) is 0 Å². The largest absolute Gasteiger partial charge is 0.497 e. The number of amides is 1. The van der Waals surface area contributed by atoms with Crippen LogP contribution in [0.2, 0.25) is 0 Å². The minimum Gasteiger partial charge on any atom is -0.497 e. The number of benzene rings is 3. The van der Waals surface area contributed by atoms with Gasteiger partial charge in [-0.15, -0.1) is 0 Å². The maximum atomic E-state index is 12.6. The molecule has 0 spiro atoms. The maximum Gasteiger partial charge on any atom is 0.310 e. The van der Waals surface area contributed by atoms with Gasteiger partial charge in [-0.05, 0) is 47.5 Å². The molecule has 1 aliphatic rings. The highest BCUT2D eigenvalue weighted by molar-refractivity contribution is 6.12. The van der Waals surface area contributed by atoms with Gasteiger partial charge in [-0.3, -0.25) is 14.9 Å². The highest BCUT2D eigenvalue weighted by Crippen LogP contribution is 2.38. The van der Waals surface area contributed by atoms with Gasteiger partial charge in [0, 0.05) is 12.1 Å². The minimum absolute atomic E-state index is 0.107. The molecule has 0 aromatic heterocycles. The molecule has 0 aliphatic carbocycles. The summed E-state index contributed by atoms with van der Waals surface area (Å²) in [5.41, 5.74) is 3.85. The first-order chi connectivity index (χ1) is 14.0. The summed E-state index contributed by atoms with van der Waals surface area (Å²) in [6.07, 6.45) is 0. The van der Waals surface area contributed by atoms with E-state index in [1.54, 1.807) is 49.6 Å². The van der Waals surface area contributed by atoms with Gasteiger partial charge in [-0.25, -0.2) is 0 Å². The topological polar surface area (TPSA) is 103 Å². The van der Waals surface area contributed by atoms with E-state index in [0.717, 1.165) is 11.1 Å². The second kappa shape index (κ2) is 7.16. The van der Waals surface area contributed by atoms with Gasteiger partial charge in [0.05, 0.1) is 41.8 Å². The molecule has 1 amide bonds. The summed E-state index contributed by atoms with van der Waals surface area (Å²) in [7, 11) is 2.96. The lowest BCUT2D eigenvalue weighted by Gasteiger charge is -2.12. The number of ether oxygens (including phenoxy) is 2. The minimum atomic E-state index is -0.490. The van der Waals surface area contributed by atoms with Crippen LogP contribution in [0.3, 0.4) is 0 Å². The number of nitro groups is 1. The quantitative estimate of drug-likeness (QED) is 0.498. The molecule has 29 heavy (non-hydrogen) atoms. The number of hydrogen-bond acceptors (Lipinski definition) is 6. The van der Waals surface area contributed by atoms with E-state index in [-0.39, 0.29) is 17.3 Å². The Bertz CT molecular complexity index is 1140. The van der Waals surface area contributed by atoms with Crippen LogP contribution in [-0.2, 0) is 0 Å². The molecule has 1 aliphatic heterocycles. The Labute approximate surface area is 166 Å². The van der Waals surface area contributed by atoms with Gasteiger partial charge in [-0.1, -0.05) is 6.07 Å². The summed E-state index contributed by atoms with van der Waals surface area (Å²) < 4.78 is 10.4. The van der Waals surface area contributed by atoms with Crippen LogP contribution in [0.5, 0.6) is 11.5 Å². The lowest BCUT2D eigenvalue weighted by molar-refractivity contribution is -0.385. The molecule has 0 saturated heterocycles. The third-order valence-electron chi connectivity index (χ3n) is 4.72. The average Bonchev–Trinajstić information content (AvgIpc) is 2.87. The molecule has 8 nitrogen and oxygen atoms in total. The van der Waals surface area contributed by atoms with Gasteiger partial charge < -0.3 is 20.1 Å². The molecule has 2 N–H and O–H groups in total. The first-order valence-electron chi connectivity index (χ1n) is 8.73. The molecule has 0 radical (unpaired) electrons. The van der Waals surface area contributed by atoms with Crippen molar-refractivity contribution in [1.82, 2.24) is 0 Å². The Morgan fingerprint density at radius 2 is 1.59 bits per heavy atom. The summed E-state index contributed by atoms with van der Waals surface area (Å²) in [5, 5.41) is 17.3. The fourth-order valence-corrected chi connectivity index (χ4v) is 3.23. The molecule has 3 aromatic rings. The number of nitrogens with zero attached hydrogens (tertiary/aromatic N) is 1. The van der Waals surface area contributed by atoms with Crippen molar-refractivity contribution in [2.45, 2.75) is 0 Å². The number of rotatable bonds is 4. The van der Waals surface area contributed by atoms with Crippen LogP contribution in [0.25, 0.3) is 11.1 Å². The molecule has 0 saturated carbocycles. The maximum absolute atomic E-state index is 12.6. The third-order valence-corrected chi connectivity index (χ3v) is 4.72. The predicted octanol–water partition coefficient (Wildman–Crippen LogP) is 4.59. The van der Waals surface area contributed by atoms with Crippen LogP contribution < -0.4 is 20.1 Å². The molecule has 0 fully saturated rings. The standard InChI is InChI=1S/C21H17N3O5/c1-28-14-5-7-16-18(11-14)22-17-9-12(3-6-15(17)21(25)23-16)13-4-8-19(24(26)27)20(10-13)29-2/h3-11,22H,1-2H3,(H,23,25). The van der Waals surface area contributed by atoms with Gasteiger partial charge >= 0.3 is 5.69 Å². The van der Waals surface area contributed by atoms with E-state index in [4.69, 9.17) is 9.47 Å². The molecule has 146 valence electrons. The van der Waals surface area contributed by atoms with E-state index in [1.165, 1.54) is 13.2 Å². The fourth-order valence-electron chi connectivity index (χ4n) is 3.23. The Morgan fingerprint density at radius 3 is 2.31 bits per heavy atom. The SMILES string of the molecule is COc1ccc2c(c1)Nc1cc(-c3ccc([N+](=O)[O-])c(OC)c3)ccc1C(=O)N2. The summed E-state index contributed by atoms with van der Waals surface area (Å²) in [5.74, 6) is 0.595. The first kappa shape index (κ1) is 18.3. The smallest absolute Gasteiger partial charge is 0.310 e. The van der Waals surface area contributed by atoms with Crippen molar-refractivity contribution >= 4 is 28.7 Å². The molecule has 0 atom stereocenters. The van der Waals surface area contributed by atoms with Crippen LogP contribution in [0.15, 0.2) is 54.6 Å². The zero-order valence-corrected chi connectivity index (χ0v) is 15.7. The zero-order chi connectivity index (χ0) is 20.5. The van der Waals surface area contributed by atoms with E-state index < -0.39 is 4.92 Å². The molecule has 4 rings (SSSR count). The zero-order valence-electron chi connectivity index (χ0n) is 15.7. The van der Waals surface area contributed by atoms with E-state index in [2.05, 4.69) is 10.6 Å². The number of hydrogen-bond donors (Lipinski definition) is 2. The summed E-state index contributed by atoms with van der Waals surface area (Å²) >= 11 is 0. The van der Waals surface area contributed by atoms with Crippen molar-refractivity contribution in [2.24, 2.45) is 0 Å². The van der Waals surface area contributed by atoms with E-state index >= 15 is 0 Å². The molecule has 1 heterocycles. The number of carbonyl (C=O) groups excluding carboxylic acids is 1. The Morgan fingerprint density at radius 1 is 0.828 bits per heavy atom. The van der Waals surface area contributed by atoms with Crippen molar-refractivity contribution < 1.29 is 19.2 Å². The summed E-state index contributed by atoms with van der Waals surface area (Å²) in [4.78, 5) is 23.2. The van der Waals surface area contributed by atoms with Crippen LogP contribution in [0, 0.1) is 10.1 Å². The molecular weight excluding hydrogens is 374 g/mol. The monoisotopic (exact) mass is 391 g/mol. The molecule has 8 heteroatoms. The Hall–Kier alpha value is -4.07. The number of fused-ring (bicyclic) bond motifs is 2. The normalized spacial score (nSPS) is 12.0. The van der Waals surface area contributed by atoms with E-state index in [0.29, 0.717) is 28.4 Å². The van der Waals surface area contributed by atoms with Gasteiger partial charge in [0.15, 0.2) is 5.75 Å². The van der Waals surface area contributed by atoms with E-state index in [1.807, 2.05) is 6.07 Å². The average molecular weight is 391 g/mol. The molecule has 0 bridgehead atoms. The number of nitrogens with one attached hydrogen (secondary N) is 2. The lowest BCUT2D eigenvalue weighted by Crippen LogP contribution is -2.10. The lowest BCUT2D eigenvalue weighted by atomic mass is 10.0. The van der Waals surface area contributed by atoms with Crippen molar-refractivity contribution in [3.8, 4) is 22.6 Å². The van der Waals surface area contributed by atoms with Crippen molar-refractivity contribution in [2.75, 3.05) is 24.9 Å². The van der Waals surface area contributed by atoms with Crippen molar-refractivity contribution in [3.63, 3.8) is 0 Å². The number of nitro benzene ring substituents is 1. The van der Waals surface area contributed by atoms with Crippen LogP contribution in [0.4, 0.5) is 22.7 Å². The second-order valence-electron chi connectivity index (χ2n) is 6.39. The number of methoxy groups -OCH3 is 2. The fraction of sp³-hybridized carbons (Fsp3) is 0.0952. The van der Waals surface area contributed by atoms with Crippen LogP contribution in [-0.4, -0.2) is 25.1 Å². The highest BCUT2D eigenvalue weighted by Gasteiger charge is 2.21. The van der Waals surface area contributed by atoms with E-state index in [9.17, 15) is 14.9 Å². The molecule has 0 unspecified atom stereocenters. The number of anilines is 3. The first-order valence-corrected chi connectivity index (χ1v) is 8.73. The summed E-state index contributed by atoms with van der Waals surface area (Å²) in [6.45, 7) is 0. The predicted molar refractivity (Wildman–Crippen MR) is 109 cm³/mol. The third kappa shape index (κ3) is 3.31. The Balaban J connectivity index is 1.78. The van der Waals surface area contributed by atoms with Gasteiger partial charge in [0.25, 0.3) is 5.91 Å². The highest BCUT2D eigenvalue weighted by atomic mass is 16.6. The van der Waals surface area contributed by atoms with Crippen LogP contribution >= 0.6 is 0 Å². The van der Waals surface area contributed by atoms with Crippen LogP contribution in [0.1, 0.15) is 10.4 Å².